The van der Waals surface area contributed by atoms with Crippen LogP contribution in [0, 0.1) is 11.6 Å². The van der Waals surface area contributed by atoms with E-state index < -0.39 is 23.2 Å². The summed E-state index contributed by atoms with van der Waals surface area (Å²) in [7, 11) is 1.12. The molecule has 1 rings (SSSR count). The van der Waals surface area contributed by atoms with Gasteiger partial charge in [0.15, 0.2) is 11.6 Å². The van der Waals surface area contributed by atoms with Crippen LogP contribution in [0.3, 0.4) is 0 Å². The van der Waals surface area contributed by atoms with Gasteiger partial charge >= 0.3 is 5.97 Å². The lowest BCUT2D eigenvalue weighted by Crippen LogP contribution is -2.23. The van der Waals surface area contributed by atoms with Gasteiger partial charge in [0.25, 0.3) is 0 Å². The molecule has 0 bridgehead atoms. The summed E-state index contributed by atoms with van der Waals surface area (Å²) < 4.78 is 31.6. The molecule has 2 N–H and O–H groups in total. The van der Waals surface area contributed by atoms with Gasteiger partial charge in [-0.05, 0) is 25.1 Å². The third-order valence-electron chi connectivity index (χ3n) is 2.53. The van der Waals surface area contributed by atoms with Crippen molar-refractivity contribution < 1.29 is 18.3 Å². The van der Waals surface area contributed by atoms with Crippen LogP contribution in [0.5, 0.6) is 0 Å². The number of rotatable bonds is 7. The Bertz CT molecular complexity index is 439. The average Bonchev–Trinajstić information content (AvgIpc) is 2.42. The summed E-state index contributed by atoms with van der Waals surface area (Å²) in [4.78, 5) is 11.2. The van der Waals surface area contributed by atoms with E-state index in [1.165, 1.54) is 12.1 Å². The second-order valence-corrected chi connectivity index (χ2v) is 3.96. The fraction of sp³-hybridized carbons (Fsp3) is 0.462. The summed E-state index contributed by atoms with van der Waals surface area (Å²) in [5.41, 5.74) is -0.377. The van der Waals surface area contributed by atoms with E-state index >= 15 is 0 Å². The normalized spacial score (nSPS) is 10.3. The molecule has 19 heavy (non-hydrogen) atoms. The van der Waals surface area contributed by atoms with E-state index in [1.807, 2.05) is 6.92 Å². The summed E-state index contributed by atoms with van der Waals surface area (Å²) in [6.45, 7) is 4.03. The van der Waals surface area contributed by atoms with Crippen LogP contribution >= 0.6 is 0 Å². The number of benzene rings is 1. The lowest BCUT2D eigenvalue weighted by Gasteiger charge is -2.10. The van der Waals surface area contributed by atoms with E-state index in [2.05, 4.69) is 15.4 Å². The third-order valence-corrected chi connectivity index (χ3v) is 2.53. The number of hydrogen-bond donors (Lipinski definition) is 2. The Morgan fingerprint density at radius 3 is 2.58 bits per heavy atom. The number of methoxy groups -OCH3 is 1. The molecule has 0 saturated heterocycles. The number of anilines is 1. The van der Waals surface area contributed by atoms with Gasteiger partial charge in [-0.15, -0.1) is 0 Å². The van der Waals surface area contributed by atoms with Gasteiger partial charge in [0.1, 0.15) is 0 Å². The SMILES string of the molecule is CCCNCCNc1ccc(C(=O)OC)c(F)c1F. The minimum atomic E-state index is -1.20. The number of carbonyl (C=O) groups excluding carboxylic acids is 1. The molecule has 1 aromatic carbocycles. The summed E-state index contributed by atoms with van der Waals surface area (Å²) in [6, 6.07) is 2.52. The molecule has 0 aromatic heterocycles. The molecule has 0 unspecified atom stereocenters. The van der Waals surface area contributed by atoms with E-state index in [-0.39, 0.29) is 5.69 Å². The maximum atomic E-state index is 13.7. The van der Waals surface area contributed by atoms with Crippen LogP contribution < -0.4 is 10.6 Å². The molecule has 4 nitrogen and oxygen atoms in total. The Hall–Kier alpha value is -1.69. The first-order valence-corrected chi connectivity index (χ1v) is 6.12. The summed E-state index contributed by atoms with van der Waals surface area (Å²) >= 11 is 0. The number of ether oxygens (including phenoxy) is 1. The Morgan fingerprint density at radius 1 is 1.21 bits per heavy atom. The van der Waals surface area contributed by atoms with Crippen molar-refractivity contribution in [3.63, 3.8) is 0 Å². The first-order chi connectivity index (χ1) is 9.11. The predicted molar refractivity (Wildman–Crippen MR) is 69.3 cm³/mol. The van der Waals surface area contributed by atoms with Crippen LogP contribution in [0.15, 0.2) is 12.1 Å². The van der Waals surface area contributed by atoms with E-state index in [4.69, 9.17) is 0 Å². The maximum absolute atomic E-state index is 13.7. The lowest BCUT2D eigenvalue weighted by atomic mass is 10.2. The van der Waals surface area contributed by atoms with Gasteiger partial charge in [0.05, 0.1) is 18.4 Å². The van der Waals surface area contributed by atoms with Crippen LogP contribution in [0.4, 0.5) is 14.5 Å². The van der Waals surface area contributed by atoms with Crippen molar-refractivity contribution >= 4 is 11.7 Å². The monoisotopic (exact) mass is 272 g/mol. The molecule has 0 aliphatic heterocycles. The molecule has 0 heterocycles. The fourth-order valence-electron chi connectivity index (χ4n) is 1.54. The van der Waals surface area contributed by atoms with Crippen molar-refractivity contribution in [2.45, 2.75) is 13.3 Å². The zero-order chi connectivity index (χ0) is 14.3. The highest BCUT2D eigenvalue weighted by molar-refractivity contribution is 5.90. The Kier molecular flexibility index (Phi) is 6.21. The molecule has 106 valence electrons. The van der Waals surface area contributed by atoms with Crippen molar-refractivity contribution in [3.05, 3.63) is 29.3 Å². The van der Waals surface area contributed by atoms with Gasteiger partial charge in [-0.2, -0.15) is 0 Å². The fourth-order valence-corrected chi connectivity index (χ4v) is 1.54. The summed E-state index contributed by atoms with van der Waals surface area (Å²) in [6.07, 6.45) is 1.01. The zero-order valence-electron chi connectivity index (χ0n) is 11.1. The number of esters is 1. The highest BCUT2D eigenvalue weighted by Crippen LogP contribution is 2.20. The second kappa shape index (κ2) is 7.68. The second-order valence-electron chi connectivity index (χ2n) is 3.96. The number of halogens is 2. The molecule has 0 amide bonds. The van der Waals surface area contributed by atoms with Crippen molar-refractivity contribution in [2.24, 2.45) is 0 Å². The summed E-state index contributed by atoms with van der Waals surface area (Å²) in [5.74, 6) is -3.16. The Labute approximate surface area is 111 Å². The number of hydrogen-bond acceptors (Lipinski definition) is 4. The van der Waals surface area contributed by atoms with E-state index in [0.29, 0.717) is 13.1 Å². The quantitative estimate of drug-likeness (QED) is 0.590. The van der Waals surface area contributed by atoms with Gasteiger partial charge in [-0.1, -0.05) is 6.92 Å². The zero-order valence-corrected chi connectivity index (χ0v) is 11.1. The molecule has 1 aromatic rings. The topological polar surface area (TPSA) is 50.4 Å². The van der Waals surface area contributed by atoms with Crippen LogP contribution in [0.2, 0.25) is 0 Å². The average molecular weight is 272 g/mol. The number of carbonyl (C=O) groups is 1. The first kappa shape index (κ1) is 15.4. The van der Waals surface area contributed by atoms with Gasteiger partial charge in [0.2, 0.25) is 0 Å². The predicted octanol–water partition coefficient (Wildman–Crippen LogP) is 2.16. The molecule has 6 heteroatoms. The molecule has 0 aliphatic rings. The first-order valence-electron chi connectivity index (χ1n) is 6.12. The van der Waals surface area contributed by atoms with Gasteiger partial charge in [0, 0.05) is 13.1 Å². The Morgan fingerprint density at radius 2 is 1.95 bits per heavy atom. The van der Waals surface area contributed by atoms with Gasteiger partial charge in [-0.25, -0.2) is 13.6 Å². The molecular formula is C13H18F2N2O2. The third kappa shape index (κ3) is 4.17. The highest BCUT2D eigenvalue weighted by atomic mass is 19.2. The van der Waals surface area contributed by atoms with E-state index in [0.717, 1.165) is 20.1 Å². The largest absolute Gasteiger partial charge is 0.465 e. The standard InChI is InChI=1S/C13H18F2N2O2/c1-3-6-16-7-8-17-10-5-4-9(13(18)19-2)11(14)12(10)15/h4-5,16-17H,3,6-8H2,1-2H3. The molecule has 0 spiro atoms. The van der Waals surface area contributed by atoms with E-state index in [1.54, 1.807) is 0 Å². The minimum absolute atomic E-state index is 0.0310. The molecule has 0 saturated carbocycles. The molecule has 0 aliphatic carbocycles. The van der Waals surface area contributed by atoms with Crippen LogP contribution in [0.25, 0.3) is 0 Å². The van der Waals surface area contributed by atoms with Gasteiger partial charge in [-0.3, -0.25) is 0 Å². The molecule has 0 fully saturated rings. The Balaban J connectivity index is 2.66. The van der Waals surface area contributed by atoms with Crippen molar-refractivity contribution in [2.75, 3.05) is 32.1 Å². The minimum Gasteiger partial charge on any atom is -0.465 e. The van der Waals surface area contributed by atoms with Crippen molar-refractivity contribution in [1.29, 1.82) is 0 Å². The smallest absolute Gasteiger partial charge is 0.340 e. The molecular weight excluding hydrogens is 254 g/mol. The van der Waals surface area contributed by atoms with Crippen molar-refractivity contribution in [1.82, 2.24) is 5.32 Å². The van der Waals surface area contributed by atoms with Crippen LogP contribution in [-0.4, -0.2) is 32.7 Å². The van der Waals surface area contributed by atoms with Crippen LogP contribution in [0.1, 0.15) is 23.7 Å². The van der Waals surface area contributed by atoms with E-state index in [9.17, 15) is 13.6 Å². The summed E-state index contributed by atoms with van der Waals surface area (Å²) in [5, 5.41) is 5.89. The molecule has 0 radical (unpaired) electrons. The molecule has 0 atom stereocenters. The maximum Gasteiger partial charge on any atom is 0.340 e. The number of nitrogens with one attached hydrogen (secondary N) is 2. The highest BCUT2D eigenvalue weighted by Gasteiger charge is 2.18. The van der Waals surface area contributed by atoms with Gasteiger partial charge < -0.3 is 15.4 Å². The van der Waals surface area contributed by atoms with Crippen molar-refractivity contribution in [3.8, 4) is 0 Å². The lowest BCUT2D eigenvalue weighted by molar-refractivity contribution is 0.0594. The van der Waals surface area contributed by atoms with Crippen LogP contribution in [-0.2, 0) is 4.74 Å².